The average Bonchev–Trinajstić information content (AvgIpc) is 3.44. The predicted molar refractivity (Wildman–Crippen MR) is 343 cm³/mol. The fraction of sp³-hybridized carbons (Fsp3) is 0.917. The highest BCUT2D eigenvalue weighted by atomic mass is 16.5. The zero-order valence-corrected chi connectivity index (χ0v) is 52.9. The zero-order chi connectivity index (χ0) is 56.4. The summed E-state index contributed by atoms with van der Waals surface area (Å²) < 4.78 is 5.48. The van der Waals surface area contributed by atoms with Gasteiger partial charge in [0.1, 0.15) is 0 Å². The van der Waals surface area contributed by atoms with Gasteiger partial charge in [0, 0.05) is 12.8 Å². The van der Waals surface area contributed by atoms with Gasteiger partial charge in [-0.3, -0.25) is 9.59 Å². The van der Waals surface area contributed by atoms with Crippen LogP contribution in [-0.2, 0) is 14.3 Å². The molecule has 6 heteroatoms. The number of unbranched alkanes of at least 4 members (excludes halogenated alkanes) is 52. The van der Waals surface area contributed by atoms with E-state index in [1.165, 1.54) is 321 Å². The number of rotatable bonds is 67. The molecule has 1 amide bonds. The largest absolute Gasteiger partial charge is 0.466 e. The normalized spacial score (nSPS) is 12.6. The van der Waals surface area contributed by atoms with Gasteiger partial charge in [-0.05, 0) is 77.0 Å². The van der Waals surface area contributed by atoms with Crippen LogP contribution in [0.1, 0.15) is 399 Å². The summed E-state index contributed by atoms with van der Waals surface area (Å²) in [6.07, 6.45) is 85.3. The maximum Gasteiger partial charge on any atom is 0.305 e. The van der Waals surface area contributed by atoms with Gasteiger partial charge >= 0.3 is 5.97 Å². The molecule has 0 aromatic rings. The van der Waals surface area contributed by atoms with Gasteiger partial charge in [0.25, 0.3) is 0 Å². The molecule has 0 fully saturated rings. The van der Waals surface area contributed by atoms with Crippen LogP contribution in [0.15, 0.2) is 24.3 Å². The molecule has 0 rings (SSSR count). The molecule has 2 unspecified atom stereocenters. The molecule has 0 saturated heterocycles. The van der Waals surface area contributed by atoms with Crippen molar-refractivity contribution in [1.29, 1.82) is 0 Å². The Kier molecular flexibility index (Phi) is 66.4. The maximum absolute atomic E-state index is 12.5. The van der Waals surface area contributed by atoms with Gasteiger partial charge in [-0.25, -0.2) is 0 Å². The fourth-order valence-electron chi connectivity index (χ4n) is 11.3. The molecule has 0 aromatic carbocycles. The van der Waals surface area contributed by atoms with Gasteiger partial charge in [-0.2, -0.15) is 0 Å². The van der Waals surface area contributed by atoms with E-state index in [0.717, 1.165) is 44.9 Å². The van der Waals surface area contributed by atoms with Crippen molar-refractivity contribution in [2.45, 2.75) is 411 Å². The Bertz CT molecular complexity index is 1220. The molecular formula is C72H139NO5. The van der Waals surface area contributed by atoms with E-state index < -0.39 is 12.1 Å². The summed E-state index contributed by atoms with van der Waals surface area (Å²) in [6.45, 7) is 4.96. The van der Waals surface area contributed by atoms with Gasteiger partial charge in [0.2, 0.25) is 5.91 Å². The Hall–Kier alpha value is -1.66. The molecule has 0 bridgehead atoms. The molecule has 0 aliphatic rings. The Labute approximate surface area is 488 Å². The number of allylic oxidation sites excluding steroid dienone is 4. The summed E-state index contributed by atoms with van der Waals surface area (Å²) in [5.41, 5.74) is 0. The number of hydrogen-bond donors (Lipinski definition) is 3. The number of esters is 1. The van der Waals surface area contributed by atoms with Crippen LogP contribution in [0.25, 0.3) is 0 Å². The van der Waals surface area contributed by atoms with E-state index in [1.54, 1.807) is 0 Å². The third-order valence-electron chi connectivity index (χ3n) is 16.7. The van der Waals surface area contributed by atoms with Gasteiger partial charge in [-0.15, -0.1) is 0 Å². The molecule has 0 aliphatic heterocycles. The third-order valence-corrected chi connectivity index (χ3v) is 16.7. The number of carbonyl (C=O) groups is 2. The SMILES string of the molecule is CCCCCC/C=C\CCCCCCCC(=O)OCCCCCCCCCCCCCCCC/C=C\CCCCCCCCCCCCCCCCCCCC(=O)NC(CO)C(O)CCCCCCCCCCCCCCC. The lowest BCUT2D eigenvalue weighted by molar-refractivity contribution is -0.143. The van der Waals surface area contributed by atoms with Crippen LogP contribution in [0.4, 0.5) is 0 Å². The standard InChI is InChI=1S/C72H139NO5/c1-3-5-7-9-11-13-15-40-44-48-52-56-60-64-70(75)69(68-74)73-71(76)65-61-57-53-49-45-42-38-36-34-32-30-28-26-24-22-20-18-17-19-21-23-25-27-29-31-33-35-37-39-43-47-51-55-59-63-67-78-72(77)66-62-58-54-50-46-41-16-14-12-10-8-6-4-2/h14,16,19,21,69-70,74-75H,3-13,15,17-18,20,22-68H2,1-2H3,(H,73,76)/b16-14-,21-19-. The van der Waals surface area contributed by atoms with Crippen molar-refractivity contribution in [3.05, 3.63) is 24.3 Å². The van der Waals surface area contributed by atoms with Crippen LogP contribution in [-0.4, -0.2) is 47.4 Å². The first-order chi connectivity index (χ1) is 38.5. The molecule has 2 atom stereocenters. The van der Waals surface area contributed by atoms with Crippen molar-refractivity contribution < 1.29 is 24.5 Å². The molecule has 78 heavy (non-hydrogen) atoms. The van der Waals surface area contributed by atoms with E-state index >= 15 is 0 Å². The predicted octanol–water partition coefficient (Wildman–Crippen LogP) is 22.9. The van der Waals surface area contributed by atoms with Crippen LogP contribution in [0.2, 0.25) is 0 Å². The van der Waals surface area contributed by atoms with Crippen LogP contribution in [0.5, 0.6) is 0 Å². The summed E-state index contributed by atoms with van der Waals surface area (Å²) in [4.78, 5) is 24.5. The highest BCUT2D eigenvalue weighted by Crippen LogP contribution is 2.19. The number of hydrogen-bond acceptors (Lipinski definition) is 5. The van der Waals surface area contributed by atoms with Crippen molar-refractivity contribution in [2.75, 3.05) is 13.2 Å². The third kappa shape index (κ3) is 63.5. The Morgan fingerprint density at radius 2 is 0.603 bits per heavy atom. The molecule has 0 aliphatic carbocycles. The van der Waals surface area contributed by atoms with Crippen LogP contribution in [0.3, 0.4) is 0 Å². The summed E-state index contributed by atoms with van der Waals surface area (Å²) >= 11 is 0. The minimum absolute atomic E-state index is 0.0114. The van der Waals surface area contributed by atoms with Crippen LogP contribution in [0, 0.1) is 0 Å². The number of nitrogens with one attached hydrogen (secondary N) is 1. The molecule has 0 saturated carbocycles. The van der Waals surface area contributed by atoms with E-state index in [-0.39, 0.29) is 18.5 Å². The van der Waals surface area contributed by atoms with Gasteiger partial charge < -0.3 is 20.3 Å². The summed E-state index contributed by atoms with van der Waals surface area (Å²) in [7, 11) is 0. The first-order valence-corrected chi connectivity index (χ1v) is 35.6. The number of aliphatic hydroxyl groups is 2. The Morgan fingerprint density at radius 1 is 0.346 bits per heavy atom. The molecule has 462 valence electrons. The van der Waals surface area contributed by atoms with E-state index in [2.05, 4.69) is 43.5 Å². The zero-order valence-electron chi connectivity index (χ0n) is 52.9. The highest BCUT2D eigenvalue weighted by molar-refractivity contribution is 5.76. The minimum atomic E-state index is -0.660. The van der Waals surface area contributed by atoms with E-state index in [1.807, 2.05) is 0 Å². The Balaban J connectivity index is 3.32. The lowest BCUT2D eigenvalue weighted by Crippen LogP contribution is -2.45. The first-order valence-electron chi connectivity index (χ1n) is 35.6. The monoisotopic (exact) mass is 1100 g/mol. The second kappa shape index (κ2) is 67.8. The van der Waals surface area contributed by atoms with Gasteiger partial charge in [0.05, 0.1) is 25.4 Å². The highest BCUT2D eigenvalue weighted by Gasteiger charge is 2.20. The number of carbonyl (C=O) groups excluding carboxylic acids is 2. The van der Waals surface area contributed by atoms with Crippen molar-refractivity contribution in [3.8, 4) is 0 Å². The van der Waals surface area contributed by atoms with Crippen LogP contribution < -0.4 is 5.32 Å². The summed E-state index contributed by atoms with van der Waals surface area (Å²) in [5.74, 6) is -0.0179. The second-order valence-electron chi connectivity index (χ2n) is 24.6. The average molecular weight is 1100 g/mol. The smallest absolute Gasteiger partial charge is 0.305 e. The quantitative estimate of drug-likeness (QED) is 0.0320. The van der Waals surface area contributed by atoms with Crippen LogP contribution >= 0.6 is 0 Å². The lowest BCUT2D eigenvalue weighted by atomic mass is 10.0. The summed E-state index contributed by atoms with van der Waals surface area (Å²) in [6, 6.07) is -0.537. The molecule has 0 heterocycles. The van der Waals surface area contributed by atoms with E-state index in [9.17, 15) is 19.8 Å². The molecule has 6 nitrogen and oxygen atoms in total. The molecule has 3 N–H and O–H groups in total. The van der Waals surface area contributed by atoms with Crippen molar-refractivity contribution in [3.63, 3.8) is 0 Å². The Morgan fingerprint density at radius 3 is 0.923 bits per heavy atom. The molecule has 0 spiro atoms. The number of ether oxygens (including phenoxy) is 1. The fourth-order valence-corrected chi connectivity index (χ4v) is 11.3. The van der Waals surface area contributed by atoms with E-state index in [4.69, 9.17) is 4.74 Å². The molecular weight excluding hydrogens is 959 g/mol. The maximum atomic E-state index is 12.5. The molecule has 0 aromatic heterocycles. The lowest BCUT2D eigenvalue weighted by Gasteiger charge is -2.22. The topological polar surface area (TPSA) is 95.9 Å². The van der Waals surface area contributed by atoms with E-state index in [0.29, 0.717) is 25.9 Å². The minimum Gasteiger partial charge on any atom is -0.466 e. The summed E-state index contributed by atoms with van der Waals surface area (Å²) in [5, 5.41) is 23.3. The van der Waals surface area contributed by atoms with Crippen molar-refractivity contribution in [2.24, 2.45) is 0 Å². The number of amides is 1. The number of aliphatic hydroxyl groups excluding tert-OH is 2. The first kappa shape index (κ1) is 76.3. The van der Waals surface area contributed by atoms with Crippen molar-refractivity contribution >= 4 is 11.9 Å². The van der Waals surface area contributed by atoms with Gasteiger partial charge in [-0.1, -0.05) is 334 Å². The second-order valence-corrected chi connectivity index (χ2v) is 24.6. The van der Waals surface area contributed by atoms with Crippen molar-refractivity contribution in [1.82, 2.24) is 5.32 Å². The van der Waals surface area contributed by atoms with Gasteiger partial charge in [0.15, 0.2) is 0 Å². The molecule has 0 radical (unpaired) electrons.